The van der Waals surface area contributed by atoms with Crippen LogP contribution >= 0.6 is 11.3 Å². The Labute approximate surface area is 115 Å². The number of piperazine rings is 1. The van der Waals surface area contributed by atoms with Crippen molar-refractivity contribution in [3.05, 3.63) is 22.4 Å². The molecule has 1 atom stereocenters. The standard InChI is InChI=1S/C15H26N2S/c1-4-15(5-2)12-17(9-8-16-15)13(3)11-14-7-6-10-18-14/h6-7,10,13,16H,4-5,8-9,11-12H2,1-3H3. The van der Waals surface area contributed by atoms with Gasteiger partial charge in [-0.1, -0.05) is 19.9 Å². The Morgan fingerprint density at radius 3 is 2.83 bits per heavy atom. The Kier molecular flexibility index (Phi) is 4.82. The van der Waals surface area contributed by atoms with Crippen LogP contribution in [0, 0.1) is 0 Å². The zero-order chi connectivity index (χ0) is 13.0. The largest absolute Gasteiger partial charge is 0.309 e. The third kappa shape index (κ3) is 3.14. The zero-order valence-corrected chi connectivity index (χ0v) is 12.7. The Balaban J connectivity index is 1.95. The van der Waals surface area contributed by atoms with Crippen LogP contribution in [0.1, 0.15) is 38.5 Å². The highest BCUT2D eigenvalue weighted by atomic mass is 32.1. The van der Waals surface area contributed by atoms with Gasteiger partial charge in [0.05, 0.1) is 0 Å². The van der Waals surface area contributed by atoms with Gasteiger partial charge >= 0.3 is 0 Å². The second-order valence-electron chi connectivity index (χ2n) is 5.52. The van der Waals surface area contributed by atoms with Crippen LogP contribution in [-0.4, -0.2) is 36.1 Å². The fraction of sp³-hybridized carbons (Fsp3) is 0.733. The van der Waals surface area contributed by atoms with Crippen LogP contribution in [-0.2, 0) is 6.42 Å². The zero-order valence-electron chi connectivity index (χ0n) is 11.9. The molecule has 1 aliphatic rings. The fourth-order valence-electron chi connectivity index (χ4n) is 2.94. The van der Waals surface area contributed by atoms with Crippen LogP contribution in [0.3, 0.4) is 0 Å². The summed E-state index contributed by atoms with van der Waals surface area (Å²) in [5, 5.41) is 5.92. The van der Waals surface area contributed by atoms with Gasteiger partial charge in [-0.25, -0.2) is 0 Å². The van der Waals surface area contributed by atoms with E-state index in [1.807, 2.05) is 11.3 Å². The van der Waals surface area contributed by atoms with Gasteiger partial charge < -0.3 is 5.32 Å². The van der Waals surface area contributed by atoms with Gasteiger partial charge in [0.1, 0.15) is 0 Å². The van der Waals surface area contributed by atoms with E-state index in [0.717, 1.165) is 6.54 Å². The molecule has 0 saturated carbocycles. The molecule has 1 aromatic heterocycles. The highest BCUT2D eigenvalue weighted by molar-refractivity contribution is 7.09. The second-order valence-corrected chi connectivity index (χ2v) is 6.55. The van der Waals surface area contributed by atoms with E-state index in [0.29, 0.717) is 11.6 Å². The van der Waals surface area contributed by atoms with Crippen LogP contribution in [0.4, 0.5) is 0 Å². The van der Waals surface area contributed by atoms with Crippen LogP contribution in [0.5, 0.6) is 0 Å². The number of hydrogen-bond donors (Lipinski definition) is 1. The first-order valence-corrected chi connectivity index (χ1v) is 8.08. The average Bonchev–Trinajstić information content (AvgIpc) is 2.91. The molecule has 102 valence electrons. The first kappa shape index (κ1) is 14.0. The number of nitrogens with zero attached hydrogens (tertiary/aromatic N) is 1. The lowest BCUT2D eigenvalue weighted by molar-refractivity contribution is 0.0922. The van der Waals surface area contributed by atoms with E-state index >= 15 is 0 Å². The summed E-state index contributed by atoms with van der Waals surface area (Å²) in [5.41, 5.74) is 0.349. The maximum Gasteiger partial charge on any atom is 0.0304 e. The molecule has 3 heteroatoms. The highest BCUT2D eigenvalue weighted by Crippen LogP contribution is 2.23. The number of rotatable bonds is 5. The lowest BCUT2D eigenvalue weighted by atomic mass is 9.89. The molecule has 18 heavy (non-hydrogen) atoms. The second kappa shape index (κ2) is 6.18. The Bertz CT molecular complexity index is 343. The lowest BCUT2D eigenvalue weighted by Crippen LogP contribution is -2.61. The third-order valence-electron chi connectivity index (χ3n) is 4.46. The molecule has 2 heterocycles. The summed E-state index contributed by atoms with van der Waals surface area (Å²) in [4.78, 5) is 4.18. The first-order chi connectivity index (χ1) is 8.69. The molecule has 1 aliphatic heterocycles. The van der Waals surface area contributed by atoms with Gasteiger partial charge in [0, 0.05) is 36.1 Å². The van der Waals surface area contributed by atoms with Crippen molar-refractivity contribution in [1.29, 1.82) is 0 Å². The molecule has 0 amide bonds. The van der Waals surface area contributed by atoms with Gasteiger partial charge in [-0.3, -0.25) is 4.90 Å². The molecule has 1 N–H and O–H groups in total. The Hall–Kier alpha value is -0.380. The summed E-state index contributed by atoms with van der Waals surface area (Å²) in [6, 6.07) is 5.08. The molecule has 0 bridgehead atoms. The van der Waals surface area contributed by atoms with Gasteiger partial charge in [-0.15, -0.1) is 11.3 Å². The highest BCUT2D eigenvalue weighted by Gasteiger charge is 2.33. The summed E-state index contributed by atoms with van der Waals surface area (Å²) >= 11 is 1.88. The minimum atomic E-state index is 0.349. The molecular weight excluding hydrogens is 240 g/mol. The van der Waals surface area contributed by atoms with Crippen molar-refractivity contribution in [3.63, 3.8) is 0 Å². The van der Waals surface area contributed by atoms with Crippen molar-refractivity contribution in [2.75, 3.05) is 19.6 Å². The van der Waals surface area contributed by atoms with E-state index in [2.05, 4.69) is 48.5 Å². The van der Waals surface area contributed by atoms with E-state index < -0.39 is 0 Å². The Morgan fingerprint density at radius 2 is 2.22 bits per heavy atom. The molecule has 1 fully saturated rings. The number of nitrogens with one attached hydrogen (secondary N) is 1. The topological polar surface area (TPSA) is 15.3 Å². The monoisotopic (exact) mass is 266 g/mol. The minimum absolute atomic E-state index is 0.349. The molecule has 1 saturated heterocycles. The van der Waals surface area contributed by atoms with E-state index in [1.54, 1.807) is 0 Å². The van der Waals surface area contributed by atoms with Crippen molar-refractivity contribution in [1.82, 2.24) is 10.2 Å². The van der Waals surface area contributed by atoms with Crippen LogP contribution < -0.4 is 5.32 Å². The molecule has 2 nitrogen and oxygen atoms in total. The quantitative estimate of drug-likeness (QED) is 0.881. The van der Waals surface area contributed by atoms with E-state index in [4.69, 9.17) is 0 Å². The smallest absolute Gasteiger partial charge is 0.0304 e. The van der Waals surface area contributed by atoms with Gasteiger partial charge in [0.25, 0.3) is 0 Å². The normalized spacial score (nSPS) is 21.9. The van der Waals surface area contributed by atoms with Crippen molar-refractivity contribution >= 4 is 11.3 Å². The molecule has 0 radical (unpaired) electrons. The number of hydrogen-bond acceptors (Lipinski definition) is 3. The van der Waals surface area contributed by atoms with Crippen molar-refractivity contribution in [2.24, 2.45) is 0 Å². The molecule has 1 unspecified atom stereocenters. The maximum atomic E-state index is 3.74. The van der Waals surface area contributed by atoms with Crippen LogP contribution in [0.2, 0.25) is 0 Å². The fourth-order valence-corrected chi connectivity index (χ4v) is 3.76. The van der Waals surface area contributed by atoms with Crippen LogP contribution in [0.15, 0.2) is 17.5 Å². The summed E-state index contributed by atoms with van der Waals surface area (Å²) in [5.74, 6) is 0. The summed E-state index contributed by atoms with van der Waals surface area (Å²) in [6.07, 6.45) is 3.65. The summed E-state index contributed by atoms with van der Waals surface area (Å²) < 4.78 is 0. The molecule has 2 rings (SSSR count). The molecule has 1 aromatic rings. The SMILES string of the molecule is CCC1(CC)CN(C(C)Cc2cccs2)CCN1. The Morgan fingerprint density at radius 1 is 1.44 bits per heavy atom. The minimum Gasteiger partial charge on any atom is -0.309 e. The molecule has 0 aliphatic carbocycles. The number of thiophene rings is 1. The summed E-state index contributed by atoms with van der Waals surface area (Å²) in [7, 11) is 0. The molecule has 0 aromatic carbocycles. The van der Waals surface area contributed by atoms with Gasteiger partial charge in [0.2, 0.25) is 0 Å². The predicted octanol–water partition coefficient (Wildman–Crippen LogP) is 3.14. The summed E-state index contributed by atoms with van der Waals surface area (Å²) in [6.45, 7) is 10.5. The van der Waals surface area contributed by atoms with E-state index in [9.17, 15) is 0 Å². The van der Waals surface area contributed by atoms with Crippen molar-refractivity contribution in [2.45, 2.75) is 51.6 Å². The molecular formula is C15H26N2S. The average molecular weight is 266 g/mol. The van der Waals surface area contributed by atoms with Crippen LogP contribution in [0.25, 0.3) is 0 Å². The van der Waals surface area contributed by atoms with Gasteiger partial charge in [-0.05, 0) is 37.6 Å². The first-order valence-electron chi connectivity index (χ1n) is 7.20. The van der Waals surface area contributed by atoms with Crippen molar-refractivity contribution < 1.29 is 0 Å². The van der Waals surface area contributed by atoms with Gasteiger partial charge in [-0.2, -0.15) is 0 Å². The molecule has 0 spiro atoms. The lowest BCUT2D eigenvalue weighted by Gasteiger charge is -2.45. The van der Waals surface area contributed by atoms with Crippen molar-refractivity contribution in [3.8, 4) is 0 Å². The maximum absolute atomic E-state index is 3.74. The third-order valence-corrected chi connectivity index (χ3v) is 5.36. The van der Waals surface area contributed by atoms with E-state index in [1.165, 1.54) is 37.2 Å². The predicted molar refractivity (Wildman–Crippen MR) is 80.4 cm³/mol. The van der Waals surface area contributed by atoms with Gasteiger partial charge in [0.15, 0.2) is 0 Å². The van der Waals surface area contributed by atoms with E-state index in [-0.39, 0.29) is 0 Å².